The second-order valence-corrected chi connectivity index (χ2v) is 9.46. The fourth-order valence-corrected chi connectivity index (χ4v) is 4.22. The molecule has 6 nitrogen and oxygen atoms in total. The van der Waals surface area contributed by atoms with Crippen LogP contribution in [0.2, 0.25) is 0 Å². The highest BCUT2D eigenvalue weighted by atomic mass is 32.2. The average Bonchev–Trinajstić information content (AvgIpc) is 3.24. The van der Waals surface area contributed by atoms with E-state index >= 15 is 0 Å². The Balaban J connectivity index is 1.56. The van der Waals surface area contributed by atoms with E-state index in [4.69, 9.17) is 10.1 Å². The zero-order chi connectivity index (χ0) is 24.2. The Kier molecular flexibility index (Phi) is 6.84. The zero-order valence-electron chi connectivity index (χ0n) is 19.1. The molecule has 34 heavy (non-hydrogen) atoms. The maximum absolute atomic E-state index is 12.8. The van der Waals surface area contributed by atoms with Gasteiger partial charge in [0.15, 0.2) is 5.16 Å². The van der Waals surface area contributed by atoms with Crippen LogP contribution in [0.4, 0.5) is 5.69 Å². The number of nitrogens with one attached hydrogen (secondary N) is 2. The number of aryl methyl sites for hydroxylation is 2. The van der Waals surface area contributed by atoms with Gasteiger partial charge < -0.3 is 15.4 Å². The molecule has 1 amide bonds. The Morgan fingerprint density at radius 3 is 2.00 bits per heavy atom. The van der Waals surface area contributed by atoms with Crippen molar-refractivity contribution < 1.29 is 14.7 Å². The molecule has 0 aliphatic rings. The lowest BCUT2D eigenvalue weighted by molar-refractivity contribution is -0.115. The van der Waals surface area contributed by atoms with Gasteiger partial charge in [0.2, 0.25) is 5.91 Å². The number of thioether (sulfide) groups is 1. The van der Waals surface area contributed by atoms with E-state index in [1.807, 2.05) is 13.8 Å². The highest BCUT2D eigenvalue weighted by molar-refractivity contribution is 8.00. The van der Waals surface area contributed by atoms with Gasteiger partial charge in [0.05, 0.1) is 22.2 Å². The van der Waals surface area contributed by atoms with Gasteiger partial charge in [-0.2, -0.15) is 0 Å². The number of aromatic nitrogens is 2. The van der Waals surface area contributed by atoms with Crippen LogP contribution in [0.1, 0.15) is 28.4 Å². The number of hydrogen-bond donors (Lipinski definition) is 3. The van der Waals surface area contributed by atoms with Gasteiger partial charge in [-0.1, -0.05) is 71.4 Å². The minimum absolute atomic E-state index is 0.170. The van der Waals surface area contributed by atoms with Crippen molar-refractivity contribution in [1.82, 2.24) is 9.97 Å². The van der Waals surface area contributed by atoms with E-state index < -0.39 is 11.2 Å². The summed E-state index contributed by atoms with van der Waals surface area (Å²) in [5.41, 5.74) is 6.83. The van der Waals surface area contributed by atoms with Gasteiger partial charge in [-0.15, -0.1) is 0 Å². The number of imidazole rings is 1. The summed E-state index contributed by atoms with van der Waals surface area (Å²) in [6, 6.07) is 22.5. The van der Waals surface area contributed by atoms with Gasteiger partial charge in [-0.3, -0.25) is 4.79 Å². The van der Waals surface area contributed by atoms with Gasteiger partial charge in [0.25, 0.3) is 0 Å². The maximum Gasteiger partial charge on any atom is 0.335 e. The summed E-state index contributed by atoms with van der Waals surface area (Å²) in [6.07, 6.45) is 0. The standard InChI is InChI=1S/C27H25N3O3S/c1-16-4-8-19(9-5-16)23-24(20-10-6-17(2)7-11-20)30-27(29-23)34-18(3)25(31)28-22-14-12-21(13-15-22)26(32)33/h4-15,18H,1-3H3,(H,28,31)(H,29,30)(H,32,33). The fraction of sp³-hybridized carbons (Fsp3) is 0.148. The number of hydrogen-bond acceptors (Lipinski definition) is 4. The number of carboxylic acid groups (broad SMARTS) is 1. The molecule has 4 rings (SSSR count). The number of anilines is 1. The van der Waals surface area contributed by atoms with E-state index in [0.717, 1.165) is 22.5 Å². The Morgan fingerprint density at radius 1 is 0.882 bits per heavy atom. The molecule has 172 valence electrons. The van der Waals surface area contributed by atoms with Crippen LogP contribution >= 0.6 is 11.8 Å². The van der Waals surface area contributed by atoms with Crippen LogP contribution in [0.25, 0.3) is 22.5 Å². The van der Waals surface area contributed by atoms with Crippen LogP contribution in [-0.2, 0) is 4.79 Å². The second kappa shape index (κ2) is 9.97. The van der Waals surface area contributed by atoms with Crippen molar-refractivity contribution in [2.24, 2.45) is 0 Å². The number of nitrogens with zero attached hydrogens (tertiary/aromatic N) is 1. The molecule has 1 unspecified atom stereocenters. The van der Waals surface area contributed by atoms with Crippen molar-refractivity contribution in [3.05, 3.63) is 89.5 Å². The largest absolute Gasteiger partial charge is 0.478 e. The molecule has 0 spiro atoms. The molecule has 0 aliphatic heterocycles. The predicted molar refractivity (Wildman–Crippen MR) is 136 cm³/mol. The predicted octanol–water partition coefficient (Wildman–Crippen LogP) is 6.18. The van der Waals surface area contributed by atoms with E-state index in [1.165, 1.54) is 35.0 Å². The van der Waals surface area contributed by atoms with Crippen molar-refractivity contribution in [2.75, 3.05) is 5.32 Å². The Labute approximate surface area is 202 Å². The monoisotopic (exact) mass is 471 g/mol. The van der Waals surface area contributed by atoms with Crippen LogP contribution in [0.15, 0.2) is 78.0 Å². The molecular weight excluding hydrogens is 446 g/mol. The first-order valence-electron chi connectivity index (χ1n) is 10.8. The first kappa shape index (κ1) is 23.3. The third kappa shape index (κ3) is 5.38. The van der Waals surface area contributed by atoms with Gasteiger partial charge in [0.1, 0.15) is 0 Å². The SMILES string of the molecule is Cc1ccc(-c2nc(SC(C)C(=O)Nc3ccc(C(=O)O)cc3)[nH]c2-c2ccc(C)cc2)cc1. The number of carbonyl (C=O) groups is 2. The van der Waals surface area contributed by atoms with Crippen molar-refractivity contribution in [3.63, 3.8) is 0 Å². The Morgan fingerprint density at radius 2 is 1.44 bits per heavy atom. The highest BCUT2D eigenvalue weighted by Crippen LogP contribution is 2.34. The molecule has 1 atom stereocenters. The van der Waals surface area contributed by atoms with E-state index in [9.17, 15) is 9.59 Å². The molecular formula is C27H25N3O3S. The number of aromatic amines is 1. The summed E-state index contributed by atoms with van der Waals surface area (Å²) < 4.78 is 0. The molecule has 0 saturated carbocycles. The van der Waals surface area contributed by atoms with E-state index in [0.29, 0.717) is 10.8 Å². The fourth-order valence-electron chi connectivity index (χ4n) is 3.42. The lowest BCUT2D eigenvalue weighted by Gasteiger charge is -2.10. The van der Waals surface area contributed by atoms with E-state index in [-0.39, 0.29) is 11.5 Å². The molecule has 1 heterocycles. The number of H-pyrrole nitrogens is 1. The Hall–Kier alpha value is -3.84. The van der Waals surface area contributed by atoms with Gasteiger partial charge in [-0.05, 0) is 45.0 Å². The molecule has 0 radical (unpaired) electrons. The van der Waals surface area contributed by atoms with Crippen LogP contribution in [0.3, 0.4) is 0 Å². The lowest BCUT2D eigenvalue weighted by Crippen LogP contribution is -2.22. The zero-order valence-corrected chi connectivity index (χ0v) is 19.9. The van der Waals surface area contributed by atoms with Crippen molar-refractivity contribution in [3.8, 4) is 22.5 Å². The summed E-state index contributed by atoms with van der Waals surface area (Å²) >= 11 is 1.34. The third-order valence-corrected chi connectivity index (χ3v) is 6.39. The molecule has 3 aromatic carbocycles. The molecule has 3 N–H and O–H groups in total. The molecule has 7 heteroatoms. The van der Waals surface area contributed by atoms with Crippen molar-refractivity contribution in [1.29, 1.82) is 0 Å². The van der Waals surface area contributed by atoms with Crippen LogP contribution in [-0.4, -0.2) is 32.2 Å². The van der Waals surface area contributed by atoms with Crippen LogP contribution < -0.4 is 5.32 Å². The third-order valence-electron chi connectivity index (χ3n) is 5.40. The van der Waals surface area contributed by atoms with Gasteiger partial charge in [0, 0.05) is 16.8 Å². The van der Waals surface area contributed by atoms with Crippen LogP contribution in [0, 0.1) is 13.8 Å². The lowest BCUT2D eigenvalue weighted by atomic mass is 10.0. The number of amides is 1. The average molecular weight is 472 g/mol. The molecule has 0 fully saturated rings. The molecule has 1 aromatic heterocycles. The first-order chi connectivity index (χ1) is 16.3. The quantitative estimate of drug-likeness (QED) is 0.280. The van der Waals surface area contributed by atoms with Crippen molar-refractivity contribution in [2.45, 2.75) is 31.2 Å². The summed E-state index contributed by atoms with van der Waals surface area (Å²) in [4.78, 5) is 32.0. The summed E-state index contributed by atoms with van der Waals surface area (Å²) in [7, 11) is 0. The smallest absolute Gasteiger partial charge is 0.335 e. The second-order valence-electron chi connectivity index (χ2n) is 8.13. The van der Waals surface area contributed by atoms with Crippen LogP contribution in [0.5, 0.6) is 0 Å². The van der Waals surface area contributed by atoms with E-state index in [1.54, 1.807) is 12.1 Å². The normalized spacial score (nSPS) is 11.7. The first-order valence-corrected chi connectivity index (χ1v) is 11.7. The summed E-state index contributed by atoms with van der Waals surface area (Å²) in [6.45, 7) is 5.91. The van der Waals surface area contributed by atoms with Crippen molar-refractivity contribution >= 4 is 29.3 Å². The van der Waals surface area contributed by atoms with Gasteiger partial charge >= 0.3 is 5.97 Å². The number of carbonyl (C=O) groups excluding carboxylic acids is 1. The number of carboxylic acids is 1. The highest BCUT2D eigenvalue weighted by Gasteiger charge is 2.20. The molecule has 4 aromatic rings. The summed E-state index contributed by atoms with van der Waals surface area (Å²) in [5.74, 6) is -1.20. The minimum atomic E-state index is -1.01. The molecule has 0 saturated heterocycles. The molecule has 0 bridgehead atoms. The maximum atomic E-state index is 12.8. The molecule has 0 aliphatic carbocycles. The number of benzene rings is 3. The van der Waals surface area contributed by atoms with E-state index in [2.05, 4.69) is 65.8 Å². The minimum Gasteiger partial charge on any atom is -0.478 e. The number of rotatable bonds is 7. The Bertz CT molecular complexity index is 1250. The topological polar surface area (TPSA) is 95.1 Å². The number of aromatic carboxylic acids is 1. The van der Waals surface area contributed by atoms with Gasteiger partial charge in [-0.25, -0.2) is 9.78 Å². The summed E-state index contributed by atoms with van der Waals surface area (Å²) in [5, 5.41) is 12.1.